The molecule has 2 rings (SSSR count). The summed E-state index contributed by atoms with van der Waals surface area (Å²) in [7, 11) is 4.85. The highest BCUT2D eigenvalue weighted by molar-refractivity contribution is 14.0. The molecule has 1 heterocycles. The van der Waals surface area contributed by atoms with Crippen molar-refractivity contribution in [3.05, 3.63) is 33.8 Å². The van der Waals surface area contributed by atoms with Gasteiger partial charge in [-0.2, -0.15) is 0 Å². The van der Waals surface area contributed by atoms with Crippen LogP contribution in [0.3, 0.4) is 0 Å². The molecule has 2 N–H and O–H groups in total. The van der Waals surface area contributed by atoms with Gasteiger partial charge >= 0.3 is 0 Å². The van der Waals surface area contributed by atoms with E-state index >= 15 is 0 Å². The second-order valence-electron chi connectivity index (χ2n) is 6.39. The number of aliphatic imine (C=N–C) groups is 1. The number of nitrogens with one attached hydrogen (secondary N) is 2. The average molecular weight is 534 g/mol. The molecular formula is C20H31IN4O3S. The summed E-state index contributed by atoms with van der Waals surface area (Å²) >= 11 is 1.66. The molecule has 0 atom stereocenters. The SMILES string of the molecule is CCNC(=NCc1cc(OC)c(OC)cc1OC)NCc1nc(C(C)C)cs1.I. The van der Waals surface area contributed by atoms with Gasteiger partial charge in [0, 0.05) is 23.6 Å². The minimum Gasteiger partial charge on any atom is -0.496 e. The Morgan fingerprint density at radius 1 is 1.07 bits per heavy atom. The molecular weight excluding hydrogens is 503 g/mol. The van der Waals surface area contributed by atoms with E-state index in [0.29, 0.717) is 36.3 Å². The van der Waals surface area contributed by atoms with Gasteiger partial charge in [0.15, 0.2) is 17.5 Å². The Morgan fingerprint density at radius 2 is 1.72 bits per heavy atom. The van der Waals surface area contributed by atoms with Crippen LogP contribution in [0, 0.1) is 0 Å². The predicted octanol–water partition coefficient (Wildman–Crippen LogP) is 4.17. The molecule has 0 spiro atoms. The minimum atomic E-state index is 0. The highest BCUT2D eigenvalue weighted by Crippen LogP contribution is 2.34. The maximum Gasteiger partial charge on any atom is 0.191 e. The van der Waals surface area contributed by atoms with Crippen LogP contribution in [-0.2, 0) is 13.1 Å². The summed E-state index contributed by atoms with van der Waals surface area (Å²) in [6, 6.07) is 3.70. The summed E-state index contributed by atoms with van der Waals surface area (Å²) in [5.74, 6) is 3.14. The summed E-state index contributed by atoms with van der Waals surface area (Å²) < 4.78 is 16.2. The van der Waals surface area contributed by atoms with Gasteiger partial charge < -0.3 is 24.8 Å². The van der Waals surface area contributed by atoms with Crippen molar-refractivity contribution in [1.82, 2.24) is 15.6 Å². The minimum absolute atomic E-state index is 0. The summed E-state index contributed by atoms with van der Waals surface area (Å²) in [4.78, 5) is 9.33. The largest absolute Gasteiger partial charge is 0.496 e. The average Bonchev–Trinajstić information content (AvgIpc) is 3.18. The van der Waals surface area contributed by atoms with E-state index in [4.69, 9.17) is 14.2 Å². The van der Waals surface area contributed by atoms with Gasteiger partial charge in [-0.15, -0.1) is 35.3 Å². The van der Waals surface area contributed by atoms with Crippen LogP contribution in [0.4, 0.5) is 0 Å². The molecule has 0 fully saturated rings. The fraction of sp³-hybridized carbons (Fsp3) is 0.500. The van der Waals surface area contributed by atoms with E-state index in [-0.39, 0.29) is 24.0 Å². The van der Waals surface area contributed by atoms with Crippen molar-refractivity contribution in [2.24, 2.45) is 4.99 Å². The summed E-state index contributed by atoms with van der Waals surface area (Å²) in [5, 5.41) is 9.75. The molecule has 29 heavy (non-hydrogen) atoms. The van der Waals surface area contributed by atoms with E-state index in [0.717, 1.165) is 28.8 Å². The molecule has 0 aliphatic rings. The molecule has 0 saturated carbocycles. The molecule has 9 heteroatoms. The fourth-order valence-corrected chi connectivity index (χ4v) is 3.45. The first-order chi connectivity index (χ1) is 13.5. The van der Waals surface area contributed by atoms with Gasteiger partial charge in [-0.3, -0.25) is 0 Å². The molecule has 162 valence electrons. The molecule has 1 aromatic heterocycles. The number of nitrogens with zero attached hydrogens (tertiary/aromatic N) is 2. The van der Waals surface area contributed by atoms with Crippen molar-refractivity contribution in [2.75, 3.05) is 27.9 Å². The van der Waals surface area contributed by atoms with Crippen LogP contribution in [0.25, 0.3) is 0 Å². The zero-order valence-electron chi connectivity index (χ0n) is 17.9. The molecule has 2 aromatic rings. The van der Waals surface area contributed by atoms with Crippen LogP contribution in [-0.4, -0.2) is 38.8 Å². The van der Waals surface area contributed by atoms with Crippen molar-refractivity contribution in [1.29, 1.82) is 0 Å². The molecule has 7 nitrogen and oxygen atoms in total. The Morgan fingerprint density at radius 3 is 2.28 bits per heavy atom. The van der Waals surface area contributed by atoms with Gasteiger partial charge in [0.05, 0.1) is 40.1 Å². The molecule has 0 aliphatic heterocycles. The van der Waals surface area contributed by atoms with E-state index in [2.05, 4.69) is 39.8 Å². The zero-order chi connectivity index (χ0) is 20.5. The van der Waals surface area contributed by atoms with E-state index in [1.807, 2.05) is 19.1 Å². The Kier molecular flexibility index (Phi) is 11.1. The Balaban J connectivity index is 0.00000420. The maximum atomic E-state index is 5.48. The topological polar surface area (TPSA) is 77.0 Å². The number of aromatic nitrogens is 1. The van der Waals surface area contributed by atoms with Gasteiger partial charge in [0.1, 0.15) is 10.8 Å². The van der Waals surface area contributed by atoms with Gasteiger partial charge in [-0.05, 0) is 18.9 Å². The number of methoxy groups -OCH3 is 3. The molecule has 0 unspecified atom stereocenters. The third kappa shape index (κ3) is 7.22. The van der Waals surface area contributed by atoms with Crippen molar-refractivity contribution in [3.63, 3.8) is 0 Å². The number of hydrogen-bond donors (Lipinski definition) is 2. The predicted molar refractivity (Wildman–Crippen MR) is 129 cm³/mol. The number of halogens is 1. The number of rotatable bonds is 9. The number of benzene rings is 1. The maximum absolute atomic E-state index is 5.48. The highest BCUT2D eigenvalue weighted by Gasteiger charge is 2.12. The lowest BCUT2D eigenvalue weighted by Gasteiger charge is -2.14. The third-order valence-corrected chi connectivity index (χ3v) is 4.97. The van der Waals surface area contributed by atoms with E-state index in [1.54, 1.807) is 32.7 Å². The van der Waals surface area contributed by atoms with E-state index in [1.165, 1.54) is 0 Å². The first-order valence-corrected chi connectivity index (χ1v) is 10.2. The van der Waals surface area contributed by atoms with Gasteiger partial charge in [0.2, 0.25) is 0 Å². The molecule has 1 aromatic carbocycles. The summed E-state index contributed by atoms with van der Waals surface area (Å²) in [6.07, 6.45) is 0. The lowest BCUT2D eigenvalue weighted by molar-refractivity contribution is 0.347. The van der Waals surface area contributed by atoms with Gasteiger partial charge in [0.25, 0.3) is 0 Å². The highest BCUT2D eigenvalue weighted by atomic mass is 127. The van der Waals surface area contributed by atoms with Gasteiger partial charge in [-0.1, -0.05) is 13.8 Å². The quantitative estimate of drug-likeness (QED) is 0.286. The van der Waals surface area contributed by atoms with Crippen molar-refractivity contribution in [3.8, 4) is 17.2 Å². The number of ether oxygens (including phenoxy) is 3. The lowest BCUT2D eigenvalue weighted by atomic mass is 10.1. The second-order valence-corrected chi connectivity index (χ2v) is 7.33. The summed E-state index contributed by atoms with van der Waals surface area (Å²) in [5.41, 5.74) is 2.03. The Bertz CT molecular complexity index is 796. The number of hydrogen-bond acceptors (Lipinski definition) is 6. The molecule has 0 aliphatic carbocycles. The van der Waals surface area contributed by atoms with Crippen LogP contribution in [0.15, 0.2) is 22.5 Å². The lowest BCUT2D eigenvalue weighted by Crippen LogP contribution is -2.36. The second kappa shape index (κ2) is 12.7. The summed E-state index contributed by atoms with van der Waals surface area (Å²) in [6.45, 7) is 8.17. The van der Waals surface area contributed by atoms with Crippen molar-refractivity contribution in [2.45, 2.75) is 39.8 Å². The number of guanidine groups is 1. The molecule has 0 bridgehead atoms. The standard InChI is InChI=1S/C20H30N4O3S.HI/c1-7-21-20(23-11-19-24-15(12-28-19)13(2)3)22-10-14-8-17(26-5)18(27-6)9-16(14)25-4;/h8-9,12-13H,7,10-11H2,1-6H3,(H2,21,22,23);1H. The first kappa shape index (κ1) is 25.3. The van der Waals surface area contributed by atoms with Crippen LogP contribution in [0.5, 0.6) is 17.2 Å². The third-order valence-electron chi connectivity index (χ3n) is 4.11. The smallest absolute Gasteiger partial charge is 0.191 e. The zero-order valence-corrected chi connectivity index (χ0v) is 21.0. The van der Waals surface area contributed by atoms with Gasteiger partial charge in [-0.25, -0.2) is 9.98 Å². The molecule has 0 amide bonds. The molecule has 0 saturated heterocycles. The van der Waals surface area contributed by atoms with Crippen LogP contribution in [0.1, 0.15) is 43.0 Å². The number of thiazole rings is 1. The van der Waals surface area contributed by atoms with Crippen molar-refractivity contribution >= 4 is 41.3 Å². The van der Waals surface area contributed by atoms with Crippen LogP contribution in [0.2, 0.25) is 0 Å². The molecule has 0 radical (unpaired) electrons. The van der Waals surface area contributed by atoms with E-state index in [9.17, 15) is 0 Å². The van der Waals surface area contributed by atoms with E-state index < -0.39 is 0 Å². The van der Waals surface area contributed by atoms with Crippen molar-refractivity contribution < 1.29 is 14.2 Å². The van der Waals surface area contributed by atoms with Crippen LogP contribution >= 0.6 is 35.3 Å². The Hall–Kier alpha value is -1.75. The fourth-order valence-electron chi connectivity index (χ4n) is 2.55. The normalized spacial score (nSPS) is 11.1. The monoisotopic (exact) mass is 534 g/mol. The Labute approximate surface area is 194 Å². The first-order valence-electron chi connectivity index (χ1n) is 9.27. The van der Waals surface area contributed by atoms with Crippen LogP contribution < -0.4 is 24.8 Å².